The lowest BCUT2D eigenvalue weighted by atomic mass is 9.87. The van der Waals surface area contributed by atoms with E-state index in [4.69, 9.17) is 33.2 Å². The van der Waals surface area contributed by atoms with Gasteiger partial charge in [-0.05, 0) is 275 Å². The number of carbonyl (C=O) groups is 3. The van der Waals surface area contributed by atoms with Crippen molar-refractivity contribution in [2.45, 2.75) is 287 Å². The highest BCUT2D eigenvalue weighted by atomic mass is 16.7. The Bertz CT molecular complexity index is 5690. The molecule has 11 aromatic carbocycles. The van der Waals surface area contributed by atoms with Gasteiger partial charge < -0.3 is 47.9 Å². The Morgan fingerprint density at radius 2 is 0.637 bits per heavy atom. The fourth-order valence-corrected chi connectivity index (χ4v) is 18.5. The van der Waals surface area contributed by atoms with Gasteiger partial charge in [0.25, 0.3) is 17.7 Å². The third-order valence-corrected chi connectivity index (χ3v) is 24.1. The third-order valence-electron chi connectivity index (χ3n) is 24.1. The zero-order chi connectivity index (χ0) is 96.8. The van der Waals surface area contributed by atoms with Crippen molar-refractivity contribution in [3.05, 3.63) is 332 Å². The summed E-state index contributed by atoms with van der Waals surface area (Å²) < 4.78 is 41.7. The van der Waals surface area contributed by atoms with E-state index >= 15 is 0 Å². The molecule has 0 bridgehead atoms. The molecule has 2 unspecified atom stereocenters. The van der Waals surface area contributed by atoms with E-state index in [-0.39, 0.29) is 57.6 Å². The molecule has 0 saturated heterocycles. The predicted molar refractivity (Wildman–Crippen MR) is 559 cm³/mol. The smallest absolute Gasteiger partial charge is 0.258 e. The predicted octanol–water partition coefficient (Wildman–Crippen LogP) is 30.1. The number of aryl methyl sites for hydroxylation is 6. The van der Waals surface area contributed by atoms with Gasteiger partial charge in [-0.15, -0.1) is 0 Å². The zero-order valence-corrected chi connectivity index (χ0v) is 85.0. The number of anilines is 3. The molecule has 13 nitrogen and oxygen atoms in total. The van der Waals surface area contributed by atoms with Crippen LogP contribution in [0.4, 0.5) is 17.1 Å². The first-order chi connectivity index (χ1) is 63.1. The average molecular weight is 1820 g/mol. The average Bonchev–Trinajstić information content (AvgIpc) is 1.67. The highest BCUT2D eigenvalue weighted by Crippen LogP contribution is 2.49. The molecule has 3 amide bonds. The van der Waals surface area contributed by atoms with Crippen LogP contribution in [-0.2, 0) is 70.6 Å². The number of nitrogens with zero attached hydrogens (tertiary/aromatic N) is 3. The van der Waals surface area contributed by atoms with E-state index in [1.165, 1.54) is 66.8 Å². The van der Waals surface area contributed by atoms with E-state index in [1.807, 2.05) is 146 Å². The molecule has 0 radical (unpaired) electrons. The molecule has 6 aliphatic rings. The van der Waals surface area contributed by atoms with Crippen LogP contribution in [0.5, 0.6) is 40.2 Å². The highest BCUT2D eigenvalue weighted by molar-refractivity contribution is 6.08. The minimum absolute atomic E-state index is 0. The number of rotatable bonds is 16. The Morgan fingerprint density at radius 3 is 1.01 bits per heavy atom. The van der Waals surface area contributed by atoms with Crippen LogP contribution < -0.4 is 47.9 Å². The lowest BCUT2D eigenvalue weighted by Crippen LogP contribution is -2.35. The summed E-state index contributed by atoms with van der Waals surface area (Å²) in [6, 6.07) is 84.5. The van der Waals surface area contributed by atoms with Gasteiger partial charge in [0, 0.05) is 93.9 Å². The maximum Gasteiger partial charge on any atom is 0.258 e. The van der Waals surface area contributed by atoms with Gasteiger partial charge in [-0.2, -0.15) is 0 Å². The number of hydrogen-bond acceptors (Lipinski definition) is 10. The topological polar surface area (TPSA) is 126 Å². The molecular weight excluding hydrogens is 1670 g/mol. The van der Waals surface area contributed by atoms with Gasteiger partial charge in [-0.1, -0.05) is 301 Å². The summed E-state index contributed by atoms with van der Waals surface area (Å²) in [6.45, 7) is 52.6. The minimum atomic E-state index is -0.577. The van der Waals surface area contributed by atoms with Gasteiger partial charge in [-0.25, -0.2) is 0 Å². The third kappa shape index (κ3) is 30.5. The maximum atomic E-state index is 13.1. The van der Waals surface area contributed by atoms with Gasteiger partial charge in [0.2, 0.25) is 17.4 Å². The Morgan fingerprint density at radius 1 is 0.319 bits per heavy atom. The quantitative estimate of drug-likeness (QED) is 0.0923. The molecule has 135 heavy (non-hydrogen) atoms. The van der Waals surface area contributed by atoms with Crippen LogP contribution >= 0.6 is 0 Å². The van der Waals surface area contributed by atoms with Crippen molar-refractivity contribution >= 4 is 34.8 Å². The molecular formula is C122H155N3O10. The Kier molecular flexibility index (Phi) is 33.9. The Balaban J connectivity index is 0.000000156. The number of ether oxygens (including phenoxy) is 7. The molecule has 0 spiro atoms. The van der Waals surface area contributed by atoms with Crippen molar-refractivity contribution in [1.29, 1.82) is 0 Å². The highest BCUT2D eigenvalue weighted by Gasteiger charge is 2.41. The van der Waals surface area contributed by atoms with E-state index in [0.29, 0.717) is 0 Å². The summed E-state index contributed by atoms with van der Waals surface area (Å²) in [5.41, 5.74) is 21.9. The number of para-hydroxylation sites is 4. The number of benzene rings is 11. The maximum absolute atomic E-state index is 13.1. The number of fused-ring (bicyclic) bond motifs is 6. The number of methoxy groups -OCH3 is 1. The molecule has 0 aliphatic carbocycles. The molecule has 6 heterocycles. The first kappa shape index (κ1) is 104. The number of carbonyl (C=O) groups excluding carboxylic acids is 3. The van der Waals surface area contributed by atoms with Gasteiger partial charge in [0.15, 0.2) is 34.5 Å². The molecule has 17 rings (SSSR count). The van der Waals surface area contributed by atoms with Crippen molar-refractivity contribution in [2.24, 2.45) is 32.5 Å². The molecule has 0 N–H and O–H groups in total. The van der Waals surface area contributed by atoms with Crippen LogP contribution in [0.3, 0.4) is 0 Å². The second-order valence-corrected chi connectivity index (χ2v) is 45.4. The molecule has 11 aromatic rings. The lowest BCUT2D eigenvalue weighted by Gasteiger charge is -2.30. The van der Waals surface area contributed by atoms with Gasteiger partial charge in [0.05, 0.1) is 7.11 Å². The Labute approximate surface area is 810 Å². The molecule has 0 saturated carbocycles. The summed E-state index contributed by atoms with van der Waals surface area (Å²) in [4.78, 5) is 45.0. The summed E-state index contributed by atoms with van der Waals surface area (Å²) >= 11 is 0. The van der Waals surface area contributed by atoms with E-state index in [1.54, 1.807) is 7.11 Å². The fraction of sp³-hybridized carbons (Fsp3) is 0.434. The largest absolute Gasteiger partial charge is 0.497 e. The van der Waals surface area contributed by atoms with E-state index in [9.17, 15) is 14.4 Å². The van der Waals surface area contributed by atoms with Gasteiger partial charge >= 0.3 is 0 Å². The van der Waals surface area contributed by atoms with Crippen LogP contribution in [0.15, 0.2) is 249 Å². The molecule has 2 atom stereocenters. The van der Waals surface area contributed by atoms with Crippen molar-refractivity contribution < 1.29 is 47.5 Å². The van der Waals surface area contributed by atoms with Gasteiger partial charge in [0.1, 0.15) is 5.75 Å². The lowest BCUT2D eigenvalue weighted by molar-refractivity contribution is -0.0685. The van der Waals surface area contributed by atoms with Crippen molar-refractivity contribution in [1.82, 2.24) is 0 Å². The van der Waals surface area contributed by atoms with Crippen LogP contribution in [0.25, 0.3) is 0 Å². The second kappa shape index (κ2) is 44.1. The first-order valence-electron chi connectivity index (χ1n) is 48.8. The minimum Gasteiger partial charge on any atom is -0.497 e. The summed E-state index contributed by atoms with van der Waals surface area (Å²) in [5, 5.41) is 0. The zero-order valence-electron chi connectivity index (χ0n) is 85.0. The molecule has 0 aromatic heterocycles. The summed E-state index contributed by atoms with van der Waals surface area (Å²) in [7, 11) is 1.67. The SMILES string of the molecule is C.CC(C)(C)Cc1cccc(C(=O)N2CCCc3ccccc32)c1.CC(C)(C)Cc1cccc2c1OC(C)(C)O2.CC(C)(C)Cc1cccc2c1OC(C)(CCc1ccccc1)O2.CC(C)(C)Cc1cccc2c1OC(C)(CCc1ccccc1)O2.COc1ccc2c(c1)CCCN2C(=O)c1cccc(CC(C)(C)C)c1.Cc1ccc2c(c1)CCCN2C(=O)c1cccc(CC(C)(C)C)c1. The molecule has 0 fully saturated rings. The van der Waals surface area contributed by atoms with Crippen LogP contribution in [-0.4, -0.2) is 61.8 Å². The Hall–Kier alpha value is -11.6. The van der Waals surface area contributed by atoms with Crippen LogP contribution in [0, 0.1) is 39.4 Å². The second-order valence-electron chi connectivity index (χ2n) is 45.4. The number of hydrogen-bond donors (Lipinski definition) is 0. The number of amides is 3. The van der Waals surface area contributed by atoms with E-state index in [2.05, 4.69) is 277 Å². The van der Waals surface area contributed by atoms with E-state index < -0.39 is 17.4 Å². The molecule has 6 aliphatic heterocycles. The summed E-state index contributed by atoms with van der Waals surface area (Å²) in [5.74, 6) is 4.88. The molecule has 13 heteroatoms. The van der Waals surface area contributed by atoms with Crippen LogP contribution in [0.2, 0.25) is 0 Å². The van der Waals surface area contributed by atoms with Crippen molar-refractivity contribution in [3.8, 4) is 40.2 Å². The first-order valence-corrected chi connectivity index (χ1v) is 48.8. The molecule has 718 valence electrons. The monoisotopic (exact) mass is 1820 g/mol. The standard InChI is InChI=1S/C22H27NO2.C22H27NO.C21H25NO.2C21H26O2.C14H20O2.CH4/c1-22(2,3)15-16-7-5-8-18(13-16)21(24)23-12-6-9-17-14-19(25-4)10-11-20(17)23;1-16-10-11-20-18(13-16)9-6-12-23(20)21(24)19-8-5-7-17(14-19)15-22(2,3)4;1-21(2,3)15-16-8-6-10-18(14-16)20(23)22-13-7-11-17-9-4-5-12-19(17)22;2*1-20(2,3)15-17-11-8-12-18-19(17)23-21(4,22-18)14-13-16-9-6-5-7-10-16;1-13(2,3)9-10-7-6-8-11-12(10)16-14(4,5)15-11;/h5,7-8,10-11,13-14H,6,9,12,15H2,1-4H3;5,7-8,10-11,13-14H,6,9,12,15H2,1-4H3;4-6,8-10,12,14H,7,11,13,15H2,1-3H3;2*5-12H,13-15H2,1-4H3;6-8H,9H2,1-5H3;1H4. The van der Waals surface area contributed by atoms with Gasteiger partial charge in [-0.3, -0.25) is 14.4 Å². The normalized spacial score (nSPS) is 16.5. The van der Waals surface area contributed by atoms with Crippen LogP contribution in [0.1, 0.15) is 290 Å². The van der Waals surface area contributed by atoms with Crippen molar-refractivity contribution in [3.63, 3.8) is 0 Å². The fourth-order valence-electron chi connectivity index (χ4n) is 18.5. The summed E-state index contributed by atoms with van der Waals surface area (Å²) in [6.07, 6.45) is 15.6. The van der Waals surface area contributed by atoms with Crippen molar-refractivity contribution in [2.75, 3.05) is 41.4 Å². The van der Waals surface area contributed by atoms with E-state index in [0.717, 1.165) is 196 Å².